The van der Waals surface area contributed by atoms with Crippen molar-refractivity contribution in [3.05, 3.63) is 83.4 Å². The Morgan fingerprint density at radius 2 is 1.90 bits per heavy atom. The van der Waals surface area contributed by atoms with Gasteiger partial charge in [-0.05, 0) is 42.3 Å². The highest BCUT2D eigenvalue weighted by molar-refractivity contribution is 5.94. The number of morpholine rings is 1. The van der Waals surface area contributed by atoms with E-state index in [2.05, 4.69) is 21.3 Å². The Morgan fingerprint density at radius 1 is 1.10 bits per heavy atom. The molecule has 0 spiro atoms. The first-order chi connectivity index (χ1) is 14.2. The number of benzene rings is 2. The van der Waals surface area contributed by atoms with Gasteiger partial charge in [-0.2, -0.15) is 0 Å². The number of aryl methyl sites for hydroxylation is 1. The van der Waals surface area contributed by atoms with E-state index in [1.165, 1.54) is 0 Å². The van der Waals surface area contributed by atoms with Gasteiger partial charge in [-0.3, -0.25) is 9.69 Å². The second kappa shape index (κ2) is 9.03. The van der Waals surface area contributed by atoms with E-state index in [4.69, 9.17) is 4.74 Å². The van der Waals surface area contributed by atoms with Gasteiger partial charge in [0.15, 0.2) is 0 Å². The fourth-order valence-electron chi connectivity index (χ4n) is 3.54. The molecule has 2 heterocycles. The van der Waals surface area contributed by atoms with Crippen LogP contribution in [0.25, 0.3) is 5.69 Å². The number of aromatic nitrogens is 2. The summed E-state index contributed by atoms with van der Waals surface area (Å²) in [6.07, 6.45) is 3.73. The van der Waals surface area contributed by atoms with Crippen LogP contribution in [0.15, 0.2) is 60.9 Å². The third-order valence-electron chi connectivity index (χ3n) is 5.19. The Morgan fingerprint density at radius 3 is 2.62 bits per heavy atom. The fraction of sp³-hybridized carbons (Fsp3) is 0.304. The molecule has 29 heavy (non-hydrogen) atoms. The zero-order valence-corrected chi connectivity index (χ0v) is 16.7. The quantitative estimate of drug-likeness (QED) is 0.703. The number of nitrogens with zero attached hydrogens (tertiary/aromatic N) is 3. The smallest absolute Gasteiger partial charge is 0.251 e. The molecule has 1 aromatic heterocycles. The first-order valence-electron chi connectivity index (χ1n) is 9.95. The summed E-state index contributed by atoms with van der Waals surface area (Å²) < 4.78 is 7.43. The Labute approximate surface area is 171 Å². The van der Waals surface area contributed by atoms with E-state index in [1.807, 2.05) is 60.2 Å². The molecule has 3 aromatic rings. The van der Waals surface area contributed by atoms with Gasteiger partial charge in [0.05, 0.1) is 13.2 Å². The van der Waals surface area contributed by atoms with Crippen molar-refractivity contribution in [2.24, 2.45) is 0 Å². The number of carbonyl (C=O) groups excluding carboxylic acids is 1. The van der Waals surface area contributed by atoms with Crippen molar-refractivity contribution in [2.75, 3.05) is 26.3 Å². The first-order valence-corrected chi connectivity index (χ1v) is 9.95. The molecule has 1 saturated heterocycles. The molecule has 150 valence electrons. The minimum Gasteiger partial charge on any atom is -0.379 e. The molecule has 6 nitrogen and oxygen atoms in total. The molecule has 1 amide bonds. The van der Waals surface area contributed by atoms with Gasteiger partial charge >= 0.3 is 0 Å². The molecular formula is C23H26N4O2. The molecule has 0 saturated carbocycles. The molecular weight excluding hydrogens is 364 g/mol. The lowest BCUT2D eigenvalue weighted by Crippen LogP contribution is -2.35. The summed E-state index contributed by atoms with van der Waals surface area (Å²) in [5.74, 6) is 0.895. The normalized spacial score (nSPS) is 14.7. The Bertz CT molecular complexity index is 959. The highest BCUT2D eigenvalue weighted by atomic mass is 16.5. The summed E-state index contributed by atoms with van der Waals surface area (Å²) in [5.41, 5.74) is 3.97. The maximum absolute atomic E-state index is 12.6. The van der Waals surface area contributed by atoms with Crippen molar-refractivity contribution in [2.45, 2.75) is 20.0 Å². The van der Waals surface area contributed by atoms with Crippen LogP contribution in [0.5, 0.6) is 0 Å². The van der Waals surface area contributed by atoms with Gasteiger partial charge < -0.3 is 14.6 Å². The van der Waals surface area contributed by atoms with E-state index in [0.29, 0.717) is 12.1 Å². The zero-order valence-electron chi connectivity index (χ0n) is 16.7. The summed E-state index contributed by atoms with van der Waals surface area (Å²) in [4.78, 5) is 19.2. The van der Waals surface area contributed by atoms with E-state index in [9.17, 15) is 4.79 Å². The van der Waals surface area contributed by atoms with Crippen LogP contribution in [0, 0.1) is 6.92 Å². The van der Waals surface area contributed by atoms with Gasteiger partial charge in [0.2, 0.25) is 0 Å². The number of nitrogens with one attached hydrogen (secondary N) is 1. The molecule has 0 aliphatic carbocycles. The van der Waals surface area contributed by atoms with Crippen LogP contribution in [0.2, 0.25) is 0 Å². The third-order valence-corrected chi connectivity index (χ3v) is 5.19. The van der Waals surface area contributed by atoms with Gasteiger partial charge in [-0.25, -0.2) is 4.98 Å². The van der Waals surface area contributed by atoms with Crippen LogP contribution in [0.3, 0.4) is 0 Å². The molecule has 1 fully saturated rings. The molecule has 0 radical (unpaired) electrons. The summed E-state index contributed by atoms with van der Waals surface area (Å²) in [6, 6.07) is 16.0. The van der Waals surface area contributed by atoms with Crippen LogP contribution in [-0.2, 0) is 17.8 Å². The lowest BCUT2D eigenvalue weighted by atomic mass is 10.1. The molecule has 6 heteroatoms. The lowest BCUT2D eigenvalue weighted by molar-refractivity contribution is 0.0342. The maximum atomic E-state index is 12.6. The van der Waals surface area contributed by atoms with Crippen LogP contribution in [0.1, 0.15) is 27.3 Å². The average molecular weight is 390 g/mol. The van der Waals surface area contributed by atoms with E-state index in [-0.39, 0.29) is 5.91 Å². The summed E-state index contributed by atoms with van der Waals surface area (Å²) >= 11 is 0. The predicted molar refractivity (Wildman–Crippen MR) is 112 cm³/mol. The van der Waals surface area contributed by atoms with Crippen LogP contribution >= 0.6 is 0 Å². The summed E-state index contributed by atoms with van der Waals surface area (Å²) in [5, 5.41) is 3.02. The Hall–Kier alpha value is -2.96. The molecule has 2 aromatic carbocycles. The van der Waals surface area contributed by atoms with Gasteiger partial charge in [0, 0.05) is 49.8 Å². The number of ether oxygens (including phenoxy) is 1. The van der Waals surface area contributed by atoms with E-state index in [1.54, 1.807) is 6.20 Å². The highest BCUT2D eigenvalue weighted by Crippen LogP contribution is 2.13. The molecule has 1 N–H and O–H groups in total. The largest absolute Gasteiger partial charge is 0.379 e. The van der Waals surface area contributed by atoms with Gasteiger partial charge in [-0.15, -0.1) is 0 Å². The van der Waals surface area contributed by atoms with Crippen LogP contribution in [0.4, 0.5) is 0 Å². The van der Waals surface area contributed by atoms with Crippen molar-refractivity contribution in [1.82, 2.24) is 19.8 Å². The van der Waals surface area contributed by atoms with E-state index in [0.717, 1.165) is 55.5 Å². The SMILES string of the molecule is Cc1nccn1-c1ccc(CNC(=O)c2cccc(CN3CCOCC3)c2)cc1. The van der Waals surface area contributed by atoms with E-state index >= 15 is 0 Å². The minimum atomic E-state index is -0.0524. The topological polar surface area (TPSA) is 59.4 Å². The summed E-state index contributed by atoms with van der Waals surface area (Å²) in [7, 11) is 0. The van der Waals surface area contributed by atoms with Gasteiger partial charge in [0.1, 0.15) is 5.82 Å². The molecule has 0 unspecified atom stereocenters. The molecule has 0 bridgehead atoms. The van der Waals surface area contributed by atoms with Crippen molar-refractivity contribution in [1.29, 1.82) is 0 Å². The van der Waals surface area contributed by atoms with Gasteiger partial charge in [0.25, 0.3) is 5.91 Å². The predicted octanol–water partition coefficient (Wildman–Crippen LogP) is 2.94. The number of hydrogen-bond donors (Lipinski definition) is 1. The van der Waals surface area contributed by atoms with Crippen molar-refractivity contribution in [3.8, 4) is 5.69 Å². The number of amides is 1. The fourth-order valence-corrected chi connectivity index (χ4v) is 3.54. The van der Waals surface area contributed by atoms with Crippen LogP contribution in [-0.4, -0.2) is 46.7 Å². The maximum Gasteiger partial charge on any atom is 0.251 e. The Balaban J connectivity index is 1.34. The monoisotopic (exact) mass is 390 g/mol. The number of imidazole rings is 1. The van der Waals surface area contributed by atoms with Crippen molar-refractivity contribution < 1.29 is 9.53 Å². The lowest BCUT2D eigenvalue weighted by Gasteiger charge is -2.26. The van der Waals surface area contributed by atoms with E-state index < -0.39 is 0 Å². The molecule has 1 aliphatic heterocycles. The Kier molecular flexibility index (Phi) is 6.03. The third kappa shape index (κ3) is 4.91. The highest BCUT2D eigenvalue weighted by Gasteiger charge is 2.12. The number of rotatable bonds is 6. The molecule has 4 rings (SSSR count). The molecule has 0 atom stereocenters. The minimum absolute atomic E-state index is 0.0524. The van der Waals surface area contributed by atoms with Gasteiger partial charge in [-0.1, -0.05) is 24.3 Å². The van der Waals surface area contributed by atoms with Crippen LogP contribution < -0.4 is 5.32 Å². The number of hydrogen-bond acceptors (Lipinski definition) is 4. The first kappa shape index (κ1) is 19.4. The van der Waals surface area contributed by atoms with Crippen molar-refractivity contribution in [3.63, 3.8) is 0 Å². The zero-order chi connectivity index (χ0) is 20.1. The number of carbonyl (C=O) groups is 1. The second-order valence-corrected chi connectivity index (χ2v) is 7.28. The summed E-state index contributed by atoms with van der Waals surface area (Å²) in [6.45, 7) is 6.74. The second-order valence-electron chi connectivity index (χ2n) is 7.28. The molecule has 1 aliphatic rings. The van der Waals surface area contributed by atoms with Crippen molar-refractivity contribution >= 4 is 5.91 Å². The average Bonchev–Trinajstić information content (AvgIpc) is 3.19. The standard InChI is InChI=1S/C23H26N4O2/c1-18-24-9-10-27(18)22-7-5-19(6-8-22)16-25-23(28)21-4-2-3-20(15-21)17-26-11-13-29-14-12-26/h2-10,15H,11-14,16-17H2,1H3,(H,25,28).